The van der Waals surface area contributed by atoms with E-state index in [1.165, 1.54) is 66.9 Å². The number of hydrogen-bond acceptors (Lipinski definition) is 5. The van der Waals surface area contributed by atoms with Crippen molar-refractivity contribution in [3.8, 4) is 67.5 Å². The van der Waals surface area contributed by atoms with E-state index in [1.54, 1.807) is 0 Å². The fourth-order valence-electron chi connectivity index (χ4n) is 18.3. The lowest BCUT2D eigenvalue weighted by atomic mass is 9.34. The highest BCUT2D eigenvalue weighted by Crippen LogP contribution is 2.63. The Morgan fingerprint density at radius 3 is 1.26 bits per heavy atom. The van der Waals surface area contributed by atoms with Gasteiger partial charge in [-0.2, -0.15) is 0 Å². The minimum Gasteiger partial charge on any atom is -0.458 e. The second-order valence-corrected chi connectivity index (χ2v) is 30.3. The largest absolute Gasteiger partial charge is 0.458 e. The molecule has 20 rings (SSSR count). The van der Waals surface area contributed by atoms with Gasteiger partial charge in [0.2, 0.25) is 0 Å². The van der Waals surface area contributed by atoms with Crippen LogP contribution in [-0.2, 0) is 21.7 Å². The quantitative estimate of drug-likeness (QED) is 0.155. The molecule has 0 atom stereocenters. The predicted octanol–water partition coefficient (Wildman–Crippen LogP) is 23.1. The first-order valence-electron chi connectivity index (χ1n) is 35.6. The Balaban J connectivity index is 0.884. The Morgan fingerprint density at radius 2 is 0.723 bits per heavy atom. The molecule has 6 heteroatoms. The van der Waals surface area contributed by atoms with Crippen LogP contribution in [0.1, 0.15) is 98.5 Å². The molecular formula is C95H72BN3O2. The molecule has 0 N–H and O–H groups in total. The third kappa shape index (κ3) is 8.46. The molecule has 1 aliphatic carbocycles. The maximum absolute atomic E-state index is 7.86. The molecule has 5 nitrogen and oxygen atoms in total. The fraction of sp³-hybridized carbons (Fsp3) is 0.116. The van der Waals surface area contributed by atoms with Crippen molar-refractivity contribution >= 4 is 74.3 Å². The summed E-state index contributed by atoms with van der Waals surface area (Å²) in [6, 6.07) is 116. The summed E-state index contributed by atoms with van der Waals surface area (Å²) < 4.78 is 15.2. The fourth-order valence-corrected chi connectivity index (χ4v) is 18.3. The molecule has 0 aromatic heterocycles. The van der Waals surface area contributed by atoms with Crippen molar-refractivity contribution in [2.45, 2.75) is 70.1 Å². The molecule has 482 valence electrons. The Kier molecular flexibility index (Phi) is 12.7. The van der Waals surface area contributed by atoms with Gasteiger partial charge in [-0.3, -0.25) is 0 Å². The van der Waals surface area contributed by atoms with Crippen molar-refractivity contribution in [3.05, 3.63) is 359 Å². The van der Waals surface area contributed by atoms with E-state index in [4.69, 9.17) is 9.47 Å². The molecule has 101 heavy (non-hydrogen) atoms. The van der Waals surface area contributed by atoms with Crippen LogP contribution in [-0.4, -0.2) is 6.71 Å². The summed E-state index contributed by atoms with van der Waals surface area (Å²) in [5.41, 5.74) is 32.3. The van der Waals surface area contributed by atoms with E-state index in [0.717, 1.165) is 118 Å². The molecule has 6 aliphatic rings. The van der Waals surface area contributed by atoms with Crippen LogP contribution >= 0.6 is 0 Å². The molecular weight excluding hydrogens is 1230 g/mol. The van der Waals surface area contributed by atoms with Crippen LogP contribution in [0.25, 0.3) is 44.5 Å². The lowest BCUT2D eigenvalue weighted by Crippen LogP contribution is -2.59. The summed E-state index contributed by atoms with van der Waals surface area (Å²) in [6.45, 7) is 16.2. The zero-order valence-electron chi connectivity index (χ0n) is 57.7. The highest BCUT2D eigenvalue weighted by atomic mass is 16.5. The molecule has 0 amide bonds. The Labute approximate surface area is 591 Å². The van der Waals surface area contributed by atoms with Crippen molar-refractivity contribution in [2.24, 2.45) is 0 Å². The number of ether oxygens (including phenoxy) is 2. The van der Waals surface area contributed by atoms with Crippen LogP contribution in [0.3, 0.4) is 0 Å². The van der Waals surface area contributed by atoms with E-state index >= 15 is 0 Å². The van der Waals surface area contributed by atoms with Crippen molar-refractivity contribution in [1.82, 2.24) is 0 Å². The molecule has 14 aromatic rings. The van der Waals surface area contributed by atoms with Gasteiger partial charge in [-0.25, -0.2) is 0 Å². The van der Waals surface area contributed by atoms with Gasteiger partial charge in [0, 0.05) is 61.9 Å². The van der Waals surface area contributed by atoms with Crippen LogP contribution in [0.15, 0.2) is 309 Å². The van der Waals surface area contributed by atoms with Crippen LogP contribution < -0.4 is 40.6 Å². The minimum atomic E-state index is -0.620. The van der Waals surface area contributed by atoms with E-state index in [9.17, 15) is 0 Å². The van der Waals surface area contributed by atoms with E-state index in [1.807, 2.05) is 0 Å². The third-order valence-corrected chi connectivity index (χ3v) is 23.1. The molecule has 0 fully saturated rings. The first kappa shape index (κ1) is 59.2. The minimum absolute atomic E-state index is 0.202. The maximum Gasteiger partial charge on any atom is 0.256 e. The first-order chi connectivity index (χ1) is 49.2. The zero-order chi connectivity index (χ0) is 67.8. The second kappa shape index (κ2) is 21.6. The Bertz CT molecular complexity index is 5620. The van der Waals surface area contributed by atoms with E-state index in [2.05, 4.69) is 373 Å². The molecule has 14 aromatic carbocycles. The summed E-state index contributed by atoms with van der Waals surface area (Å²) in [6.07, 6.45) is 0. The SMILES string of the molecule is CC(C)(C)c1cc(-c2ccccc2)c(N2c3cc(N4c5ccccc5C(C)(C)c5ccccc54)ccc3B3c4ccc(N5c6ccccc6C(C)(C)c6ccccc65)cc4Oc4cc(-c5ccc6c(c5)Oc5ccccc5C65c6ccccc6-c6ccccc65)cc2c43)c(-c2ccccc2)c1. The lowest BCUT2D eigenvalue weighted by Gasteiger charge is -2.44. The third-order valence-electron chi connectivity index (χ3n) is 23.1. The first-order valence-corrected chi connectivity index (χ1v) is 35.6. The van der Waals surface area contributed by atoms with Crippen LogP contribution in [0.5, 0.6) is 23.0 Å². The van der Waals surface area contributed by atoms with Gasteiger partial charge in [-0.05, 0) is 173 Å². The standard InChI is InChI=1S/C95H72BN3O2/c1-92(2,3)63-55-68(59-28-10-8-11-29-59)91(69(56-63)60-30-12-9-13-31-60)99-84-57-64(97-80-41-23-18-36-72(80)93(4,5)73-37-19-24-42-81(73)97)47-50-78(84)96-79-51-48-65(98-82-43-25-20-38-74(82)94(6,7)75-39-21-26-44-83(75)98)58-88(79)101-89-54-62(52-85(99)90(89)96)61-46-49-77-87(53-61)100-86-45-27-22-40-76(86)95(77)70-34-16-14-32-66(70)67-33-15-17-35-71(67)95/h8-58H,1-7H3. The number of para-hydroxylation sites is 5. The topological polar surface area (TPSA) is 28.2 Å². The summed E-state index contributed by atoms with van der Waals surface area (Å²) in [5.74, 6) is 3.31. The van der Waals surface area contributed by atoms with Gasteiger partial charge in [0.05, 0.1) is 33.9 Å². The van der Waals surface area contributed by atoms with Gasteiger partial charge >= 0.3 is 0 Å². The van der Waals surface area contributed by atoms with E-state index in [-0.39, 0.29) is 23.0 Å². The van der Waals surface area contributed by atoms with Gasteiger partial charge in [0.1, 0.15) is 23.0 Å². The highest BCUT2D eigenvalue weighted by Gasteiger charge is 2.52. The number of hydrogen-bond donors (Lipinski definition) is 0. The summed E-state index contributed by atoms with van der Waals surface area (Å²) in [4.78, 5) is 7.61. The van der Waals surface area contributed by atoms with Gasteiger partial charge in [-0.1, -0.05) is 273 Å². The smallest absolute Gasteiger partial charge is 0.256 e. The van der Waals surface area contributed by atoms with Crippen molar-refractivity contribution < 1.29 is 9.47 Å². The van der Waals surface area contributed by atoms with Crippen molar-refractivity contribution in [2.75, 3.05) is 14.7 Å². The number of rotatable bonds is 6. The van der Waals surface area contributed by atoms with Crippen molar-refractivity contribution in [1.29, 1.82) is 0 Å². The predicted molar refractivity (Wildman–Crippen MR) is 418 cm³/mol. The molecule has 0 unspecified atom stereocenters. The molecule has 0 saturated carbocycles. The van der Waals surface area contributed by atoms with Gasteiger partial charge < -0.3 is 24.2 Å². The Hall–Kier alpha value is -11.9. The molecule has 0 bridgehead atoms. The summed E-state index contributed by atoms with van der Waals surface area (Å²) >= 11 is 0. The van der Waals surface area contributed by atoms with Gasteiger partial charge in [0.15, 0.2) is 0 Å². The zero-order valence-corrected chi connectivity index (χ0v) is 57.7. The Morgan fingerprint density at radius 1 is 0.287 bits per heavy atom. The number of anilines is 9. The normalized spacial score (nSPS) is 15.2. The monoisotopic (exact) mass is 1300 g/mol. The lowest BCUT2D eigenvalue weighted by molar-refractivity contribution is 0.436. The number of nitrogens with zero attached hydrogens (tertiary/aromatic N) is 3. The number of fused-ring (bicyclic) bond motifs is 17. The van der Waals surface area contributed by atoms with E-state index < -0.39 is 5.41 Å². The van der Waals surface area contributed by atoms with Crippen LogP contribution in [0.4, 0.5) is 51.2 Å². The van der Waals surface area contributed by atoms with Gasteiger partial charge in [0.25, 0.3) is 6.71 Å². The molecule has 0 radical (unpaired) electrons. The molecule has 0 saturated heterocycles. The molecule has 5 aliphatic heterocycles. The highest BCUT2D eigenvalue weighted by molar-refractivity contribution is 6.99. The van der Waals surface area contributed by atoms with E-state index in [0.29, 0.717) is 0 Å². The van der Waals surface area contributed by atoms with Crippen molar-refractivity contribution in [3.63, 3.8) is 0 Å². The average Bonchev–Trinajstić information content (AvgIpc) is 1.60. The van der Waals surface area contributed by atoms with Gasteiger partial charge in [-0.15, -0.1) is 0 Å². The summed E-state index contributed by atoms with van der Waals surface area (Å²) in [5, 5.41) is 0. The molecule has 5 heterocycles. The molecule has 1 spiro atoms. The maximum atomic E-state index is 7.86. The number of benzene rings is 14. The second-order valence-electron chi connectivity index (χ2n) is 30.3. The summed E-state index contributed by atoms with van der Waals surface area (Å²) in [7, 11) is 0. The van der Waals surface area contributed by atoms with Crippen LogP contribution in [0, 0.1) is 0 Å². The van der Waals surface area contributed by atoms with Crippen LogP contribution in [0.2, 0.25) is 0 Å². The average molecular weight is 1300 g/mol.